The molecule has 1 atom stereocenters. The molecule has 0 N–H and O–H groups in total. The van der Waals surface area contributed by atoms with E-state index < -0.39 is 18.1 Å². The van der Waals surface area contributed by atoms with Crippen molar-refractivity contribution < 1.29 is 18.0 Å². The average molecular weight is 365 g/mol. The van der Waals surface area contributed by atoms with E-state index in [4.69, 9.17) is 0 Å². The molecule has 3 aromatic heterocycles. The lowest BCUT2D eigenvalue weighted by atomic mass is 10.1. The van der Waals surface area contributed by atoms with Gasteiger partial charge in [0, 0.05) is 24.5 Å². The molecule has 26 heavy (non-hydrogen) atoms. The van der Waals surface area contributed by atoms with E-state index in [0.717, 1.165) is 10.4 Å². The van der Waals surface area contributed by atoms with Crippen molar-refractivity contribution in [1.82, 2.24) is 29.4 Å². The highest BCUT2D eigenvalue weighted by molar-refractivity contribution is 6.03. The zero-order valence-corrected chi connectivity index (χ0v) is 13.9. The molecule has 1 aliphatic rings. The summed E-state index contributed by atoms with van der Waals surface area (Å²) in [4.78, 5) is 22.2. The number of carbonyl (C=O) groups excluding carboxylic acids is 1. The van der Waals surface area contributed by atoms with Gasteiger partial charge in [0.25, 0.3) is 11.7 Å². The molecule has 0 bridgehead atoms. The summed E-state index contributed by atoms with van der Waals surface area (Å²) in [5.41, 5.74) is 1.13. The Bertz CT molecular complexity index is 1010. The average Bonchev–Trinajstić information content (AvgIpc) is 3.15. The van der Waals surface area contributed by atoms with Gasteiger partial charge in [-0.1, -0.05) is 0 Å². The van der Waals surface area contributed by atoms with E-state index in [0.29, 0.717) is 5.69 Å². The van der Waals surface area contributed by atoms with Gasteiger partial charge in [0.2, 0.25) is 5.82 Å². The highest BCUT2D eigenvalue weighted by atomic mass is 19.4. The van der Waals surface area contributed by atoms with Crippen molar-refractivity contribution in [3.05, 3.63) is 35.5 Å². The molecular weight excluding hydrogens is 351 g/mol. The summed E-state index contributed by atoms with van der Waals surface area (Å²) in [5.74, 6) is -0.368. The fraction of sp³-hybridized carbons (Fsp3) is 0.400. The number of fused-ring (bicyclic) bond motifs is 2. The first-order chi connectivity index (χ1) is 12.3. The van der Waals surface area contributed by atoms with Crippen LogP contribution in [-0.4, -0.2) is 48.0 Å². The minimum atomic E-state index is -4.44. The van der Waals surface area contributed by atoms with E-state index in [1.807, 2.05) is 0 Å². The summed E-state index contributed by atoms with van der Waals surface area (Å²) in [6.45, 7) is 3.26. The van der Waals surface area contributed by atoms with Crippen molar-refractivity contribution in [2.45, 2.75) is 32.5 Å². The summed E-state index contributed by atoms with van der Waals surface area (Å²) >= 11 is 0. The first kappa shape index (κ1) is 16.5. The molecule has 0 aliphatic carbocycles. The summed E-state index contributed by atoms with van der Waals surface area (Å²) in [6, 6.07) is 1.41. The van der Waals surface area contributed by atoms with Gasteiger partial charge >= 0.3 is 6.18 Å². The number of anilines is 1. The standard InChI is InChI=1S/C15H14F3N7O/c1-8-7-11-23(6-4-10(15(16,17)18)25(11)21-8)13(26)12-20-14-19-5-3-9(2)24(14)22-12/h3,5,7,10H,4,6H2,1-2H3. The van der Waals surface area contributed by atoms with Crippen LogP contribution >= 0.6 is 0 Å². The zero-order valence-electron chi connectivity index (χ0n) is 13.9. The summed E-state index contributed by atoms with van der Waals surface area (Å²) in [7, 11) is 0. The molecular formula is C15H14F3N7O. The number of aromatic nitrogens is 6. The van der Waals surface area contributed by atoms with Gasteiger partial charge in [0.05, 0.1) is 5.69 Å². The molecule has 0 fully saturated rings. The Labute approximate surface area is 145 Å². The molecule has 0 spiro atoms. The number of hydrogen-bond donors (Lipinski definition) is 0. The Morgan fingerprint density at radius 2 is 2.04 bits per heavy atom. The summed E-state index contributed by atoms with van der Waals surface area (Å²) in [6.07, 6.45) is -3.18. The maximum Gasteiger partial charge on any atom is 0.410 e. The lowest BCUT2D eigenvalue weighted by molar-refractivity contribution is -0.172. The quantitative estimate of drug-likeness (QED) is 0.660. The Kier molecular flexibility index (Phi) is 3.49. The highest BCUT2D eigenvalue weighted by Gasteiger charge is 2.46. The molecule has 4 rings (SSSR count). The molecule has 1 aliphatic heterocycles. The Balaban J connectivity index is 1.75. The van der Waals surface area contributed by atoms with Gasteiger partial charge in [-0.25, -0.2) is 14.2 Å². The van der Waals surface area contributed by atoms with Crippen molar-refractivity contribution in [2.24, 2.45) is 0 Å². The van der Waals surface area contributed by atoms with Crippen LogP contribution in [0.5, 0.6) is 0 Å². The van der Waals surface area contributed by atoms with Crippen LogP contribution in [0.1, 0.15) is 34.5 Å². The predicted octanol–water partition coefficient (Wildman–Crippen LogP) is 2.09. The number of nitrogens with zero attached hydrogens (tertiary/aromatic N) is 7. The van der Waals surface area contributed by atoms with Crippen LogP contribution in [0.25, 0.3) is 5.78 Å². The molecule has 0 aromatic carbocycles. The molecule has 1 unspecified atom stereocenters. The van der Waals surface area contributed by atoms with E-state index in [1.165, 1.54) is 15.5 Å². The maximum absolute atomic E-state index is 13.3. The van der Waals surface area contributed by atoms with Crippen LogP contribution in [-0.2, 0) is 0 Å². The normalized spacial score (nSPS) is 17.6. The Morgan fingerprint density at radius 3 is 2.73 bits per heavy atom. The topological polar surface area (TPSA) is 81.2 Å². The molecule has 136 valence electrons. The smallest absolute Gasteiger partial charge is 0.290 e. The Hall–Kier alpha value is -2.98. The van der Waals surface area contributed by atoms with E-state index in [-0.39, 0.29) is 30.4 Å². The van der Waals surface area contributed by atoms with Gasteiger partial charge < -0.3 is 0 Å². The second-order valence-corrected chi connectivity index (χ2v) is 6.12. The lowest BCUT2D eigenvalue weighted by Gasteiger charge is -2.33. The molecule has 0 saturated heterocycles. The molecule has 8 nitrogen and oxygen atoms in total. The van der Waals surface area contributed by atoms with E-state index >= 15 is 0 Å². The number of rotatable bonds is 1. The van der Waals surface area contributed by atoms with Gasteiger partial charge in [-0.05, 0) is 26.3 Å². The number of halogens is 3. The van der Waals surface area contributed by atoms with Crippen molar-refractivity contribution >= 4 is 17.5 Å². The monoisotopic (exact) mass is 365 g/mol. The lowest BCUT2D eigenvalue weighted by Crippen LogP contribution is -2.43. The maximum atomic E-state index is 13.3. The second-order valence-electron chi connectivity index (χ2n) is 6.12. The third kappa shape index (κ3) is 2.50. The van der Waals surface area contributed by atoms with E-state index in [9.17, 15) is 18.0 Å². The number of carbonyl (C=O) groups is 1. The van der Waals surface area contributed by atoms with Crippen molar-refractivity contribution in [1.29, 1.82) is 0 Å². The number of alkyl halides is 3. The fourth-order valence-corrected chi connectivity index (χ4v) is 3.05. The number of amides is 1. The van der Waals surface area contributed by atoms with Crippen LogP contribution in [0.3, 0.4) is 0 Å². The minimum absolute atomic E-state index is 0.0876. The Morgan fingerprint density at radius 1 is 1.27 bits per heavy atom. The molecule has 11 heteroatoms. The van der Waals surface area contributed by atoms with Crippen molar-refractivity contribution in [3.63, 3.8) is 0 Å². The molecule has 4 heterocycles. The molecule has 0 radical (unpaired) electrons. The summed E-state index contributed by atoms with van der Waals surface area (Å²) < 4.78 is 42.1. The van der Waals surface area contributed by atoms with Gasteiger partial charge in [-0.2, -0.15) is 23.3 Å². The number of hydrogen-bond acceptors (Lipinski definition) is 5. The van der Waals surface area contributed by atoms with Gasteiger partial charge in [-0.3, -0.25) is 9.69 Å². The largest absolute Gasteiger partial charge is 0.410 e. The van der Waals surface area contributed by atoms with Gasteiger partial charge in [0.1, 0.15) is 5.82 Å². The third-order valence-corrected chi connectivity index (χ3v) is 4.28. The fourth-order valence-electron chi connectivity index (χ4n) is 3.05. The van der Waals surface area contributed by atoms with Gasteiger partial charge in [0.15, 0.2) is 6.04 Å². The van der Waals surface area contributed by atoms with Crippen molar-refractivity contribution in [3.8, 4) is 0 Å². The van der Waals surface area contributed by atoms with E-state index in [2.05, 4.69) is 20.2 Å². The third-order valence-electron chi connectivity index (χ3n) is 4.28. The predicted molar refractivity (Wildman–Crippen MR) is 83.9 cm³/mol. The van der Waals surface area contributed by atoms with Crippen LogP contribution in [0.4, 0.5) is 19.0 Å². The molecule has 1 amide bonds. The van der Waals surface area contributed by atoms with Crippen LogP contribution in [0.15, 0.2) is 18.3 Å². The first-order valence-corrected chi connectivity index (χ1v) is 7.89. The molecule has 0 saturated carbocycles. The SMILES string of the molecule is Cc1cc2n(n1)C(C(F)(F)F)CCN2C(=O)c1nc2nccc(C)n2n1. The van der Waals surface area contributed by atoms with Crippen LogP contribution in [0.2, 0.25) is 0 Å². The highest BCUT2D eigenvalue weighted by Crippen LogP contribution is 2.39. The van der Waals surface area contributed by atoms with Crippen LogP contribution < -0.4 is 4.90 Å². The van der Waals surface area contributed by atoms with Crippen molar-refractivity contribution in [2.75, 3.05) is 11.4 Å². The first-order valence-electron chi connectivity index (χ1n) is 7.89. The van der Waals surface area contributed by atoms with E-state index in [1.54, 1.807) is 26.1 Å². The van der Waals surface area contributed by atoms with Gasteiger partial charge in [-0.15, -0.1) is 5.10 Å². The summed E-state index contributed by atoms with van der Waals surface area (Å²) in [5, 5.41) is 8.06. The second kappa shape index (κ2) is 5.51. The minimum Gasteiger partial charge on any atom is -0.290 e. The molecule has 3 aromatic rings. The van der Waals surface area contributed by atoms with Crippen LogP contribution in [0, 0.1) is 13.8 Å². The number of aryl methyl sites for hydroxylation is 2. The zero-order chi connectivity index (χ0) is 18.6.